The van der Waals surface area contributed by atoms with Gasteiger partial charge in [0.1, 0.15) is 0 Å². The van der Waals surface area contributed by atoms with Crippen LogP contribution >= 0.6 is 11.3 Å². The van der Waals surface area contributed by atoms with Crippen LogP contribution in [0.5, 0.6) is 0 Å². The molecule has 0 unspecified atom stereocenters. The van der Waals surface area contributed by atoms with Gasteiger partial charge in [-0.15, -0.1) is 11.3 Å². The van der Waals surface area contributed by atoms with Gasteiger partial charge in [0.05, 0.1) is 5.69 Å². The fourth-order valence-electron chi connectivity index (χ4n) is 13.8. The minimum Gasteiger partial charge on any atom is -0.311 e. The number of anilines is 6. The highest BCUT2D eigenvalue weighted by atomic mass is 32.1. The van der Waals surface area contributed by atoms with E-state index < -0.39 is 0 Å². The first-order valence-electron chi connectivity index (χ1n) is 26.7. The Hall–Kier alpha value is -4.28. The predicted molar refractivity (Wildman–Crippen MR) is 304 cm³/mol. The molecular weight excluding hydrogens is 852 g/mol. The molecule has 0 radical (unpaired) electrons. The van der Waals surface area contributed by atoms with E-state index in [0.29, 0.717) is 0 Å². The summed E-state index contributed by atoms with van der Waals surface area (Å²) in [6.45, 7) is 46.8. The fraction of sp³-hybridized carbons (Fsp3) is 0.508. The summed E-state index contributed by atoms with van der Waals surface area (Å²) >= 11 is 2.09. The van der Waals surface area contributed by atoms with Gasteiger partial charge in [0.15, 0.2) is 0 Å². The van der Waals surface area contributed by atoms with Crippen LogP contribution < -0.4 is 25.5 Å². The molecule has 2 nitrogen and oxygen atoms in total. The van der Waals surface area contributed by atoms with E-state index in [0.717, 1.165) is 6.42 Å². The SMILES string of the molecule is Cc1cc(C(C)(C)C)ccc1N1c2cc(C(C)(C)C)cc3c2B(c2ccc4c(c2N3c2ccc3c(c2)C(C)(C)CCC3(C)C)C(C)(C)CCC4(C)C)c2sc3cc4c(cc3c21)C(C)(C)CCC4(C)C. The lowest BCUT2D eigenvalue weighted by Crippen LogP contribution is -2.61. The Morgan fingerprint density at radius 1 is 0.464 bits per heavy atom. The monoisotopic (exact) mass is 933 g/mol. The molecule has 4 heteroatoms. The molecular formula is C65H81BN2S. The van der Waals surface area contributed by atoms with Crippen molar-refractivity contribution < 1.29 is 0 Å². The second-order valence-corrected chi connectivity index (χ2v) is 29.8. The van der Waals surface area contributed by atoms with E-state index in [2.05, 4.69) is 225 Å². The van der Waals surface area contributed by atoms with Crippen molar-refractivity contribution in [2.24, 2.45) is 0 Å². The molecule has 5 aromatic carbocycles. The number of thiophene rings is 1. The minimum atomic E-state index is -0.102. The van der Waals surface area contributed by atoms with Crippen LogP contribution in [0, 0.1) is 6.92 Å². The Morgan fingerprint density at radius 3 is 1.55 bits per heavy atom. The Bertz CT molecular complexity index is 3170. The van der Waals surface area contributed by atoms with Crippen LogP contribution in [-0.2, 0) is 43.3 Å². The van der Waals surface area contributed by atoms with Crippen LogP contribution in [0.1, 0.15) is 213 Å². The number of nitrogens with zero attached hydrogens (tertiary/aromatic N) is 2. The van der Waals surface area contributed by atoms with Gasteiger partial charge in [-0.1, -0.05) is 155 Å². The molecule has 69 heavy (non-hydrogen) atoms. The molecule has 0 amide bonds. The van der Waals surface area contributed by atoms with Crippen molar-refractivity contribution in [3.8, 4) is 0 Å². The van der Waals surface area contributed by atoms with E-state index in [-0.39, 0.29) is 50.0 Å². The Labute approximate surface area is 421 Å². The van der Waals surface area contributed by atoms with Gasteiger partial charge in [0, 0.05) is 43.3 Å². The summed E-state index contributed by atoms with van der Waals surface area (Å²) in [5.74, 6) is 0. The second kappa shape index (κ2) is 14.4. The zero-order chi connectivity index (χ0) is 49.7. The molecule has 0 fully saturated rings. The zero-order valence-corrected chi connectivity index (χ0v) is 46.9. The van der Waals surface area contributed by atoms with E-state index in [1.165, 1.54) is 131 Å². The average molecular weight is 933 g/mol. The normalized spacial score (nSPS) is 20.9. The maximum absolute atomic E-state index is 2.82. The number of hydrogen-bond acceptors (Lipinski definition) is 3. The Balaban J connectivity index is 1.32. The third kappa shape index (κ3) is 6.89. The molecule has 3 heterocycles. The number of hydrogen-bond donors (Lipinski definition) is 0. The van der Waals surface area contributed by atoms with Crippen molar-refractivity contribution in [2.75, 3.05) is 9.80 Å². The Kier molecular flexibility index (Phi) is 9.86. The average Bonchev–Trinajstić information content (AvgIpc) is 3.62. The van der Waals surface area contributed by atoms with Crippen molar-refractivity contribution in [1.82, 2.24) is 0 Å². The van der Waals surface area contributed by atoms with Crippen LogP contribution in [0.15, 0.2) is 72.8 Å². The summed E-state index contributed by atoms with van der Waals surface area (Å²) in [5.41, 5.74) is 24.7. The second-order valence-electron chi connectivity index (χ2n) is 28.7. The molecule has 5 aliphatic rings. The number of fused-ring (bicyclic) bond motifs is 10. The van der Waals surface area contributed by atoms with Gasteiger partial charge in [0.25, 0.3) is 6.71 Å². The smallest absolute Gasteiger partial charge is 0.264 e. The van der Waals surface area contributed by atoms with E-state index >= 15 is 0 Å². The largest absolute Gasteiger partial charge is 0.311 e. The lowest BCUT2D eigenvalue weighted by Gasteiger charge is -2.50. The summed E-state index contributed by atoms with van der Waals surface area (Å²) in [4.78, 5) is 5.58. The van der Waals surface area contributed by atoms with Crippen LogP contribution in [0.3, 0.4) is 0 Å². The molecule has 0 N–H and O–H groups in total. The number of benzene rings is 5. The summed E-state index contributed by atoms with van der Waals surface area (Å²) in [5, 5.41) is 1.41. The number of rotatable bonds is 2. The van der Waals surface area contributed by atoms with Crippen LogP contribution in [0.25, 0.3) is 10.1 Å². The summed E-state index contributed by atoms with van der Waals surface area (Å²) in [7, 11) is 0. The molecule has 0 atom stereocenters. The minimum absolute atomic E-state index is 0.0162. The summed E-state index contributed by atoms with van der Waals surface area (Å²) < 4.78 is 2.91. The quantitative estimate of drug-likeness (QED) is 0.159. The van der Waals surface area contributed by atoms with Crippen molar-refractivity contribution in [3.63, 3.8) is 0 Å². The third-order valence-electron chi connectivity index (χ3n) is 18.8. The lowest BCUT2D eigenvalue weighted by atomic mass is 9.35. The highest BCUT2D eigenvalue weighted by Gasteiger charge is 2.51. The van der Waals surface area contributed by atoms with Gasteiger partial charge in [-0.2, -0.15) is 0 Å². The first kappa shape index (κ1) is 47.1. The standard InChI is InChI=1S/C65H81BN2S/c1-38-32-39(58(2,3)4)20-25-49(38)68-51-34-40(59(5,6)7)33-50-54(51)66(57-55(68)42-36-46-47(37-52(42)69-57)64(16,17)29-28-63(46,14)15)48-24-23-44-53(65(18,19)31-30-61(44,10)11)56(48)67(50)41-21-22-43-45(35-41)62(12,13)27-26-60(43,8)9/h20-25,32-37H,26-31H2,1-19H3. The van der Waals surface area contributed by atoms with Crippen molar-refractivity contribution in [1.29, 1.82) is 0 Å². The van der Waals surface area contributed by atoms with E-state index in [1.54, 1.807) is 11.1 Å². The summed E-state index contributed by atoms with van der Waals surface area (Å²) in [6.07, 6.45) is 7.15. The summed E-state index contributed by atoms with van der Waals surface area (Å²) in [6, 6.07) is 30.8. The van der Waals surface area contributed by atoms with Crippen LogP contribution in [-0.4, -0.2) is 6.71 Å². The molecule has 3 aliphatic carbocycles. The molecule has 1 aromatic heterocycles. The molecule has 6 aromatic rings. The van der Waals surface area contributed by atoms with Crippen LogP contribution in [0.4, 0.5) is 34.1 Å². The number of aryl methyl sites for hydroxylation is 1. The molecule has 11 rings (SSSR count). The first-order chi connectivity index (χ1) is 31.8. The van der Waals surface area contributed by atoms with Gasteiger partial charge in [-0.25, -0.2) is 0 Å². The molecule has 0 spiro atoms. The zero-order valence-electron chi connectivity index (χ0n) is 46.1. The van der Waals surface area contributed by atoms with E-state index in [9.17, 15) is 0 Å². The lowest BCUT2D eigenvalue weighted by molar-refractivity contribution is 0.331. The van der Waals surface area contributed by atoms with Crippen molar-refractivity contribution in [2.45, 2.75) is 213 Å². The van der Waals surface area contributed by atoms with Crippen LogP contribution in [0.2, 0.25) is 0 Å². The third-order valence-corrected chi connectivity index (χ3v) is 20.0. The Morgan fingerprint density at radius 2 is 0.971 bits per heavy atom. The van der Waals surface area contributed by atoms with Crippen molar-refractivity contribution in [3.05, 3.63) is 123 Å². The van der Waals surface area contributed by atoms with Gasteiger partial charge >= 0.3 is 0 Å². The van der Waals surface area contributed by atoms with E-state index in [1.807, 2.05) is 0 Å². The highest BCUT2D eigenvalue weighted by molar-refractivity contribution is 7.33. The van der Waals surface area contributed by atoms with Gasteiger partial charge in [-0.05, 0) is 192 Å². The molecule has 0 bridgehead atoms. The maximum atomic E-state index is 2.82. The first-order valence-corrected chi connectivity index (χ1v) is 27.5. The van der Waals surface area contributed by atoms with Gasteiger partial charge in [0.2, 0.25) is 0 Å². The fourth-order valence-corrected chi connectivity index (χ4v) is 15.1. The maximum Gasteiger partial charge on any atom is 0.264 e. The highest BCUT2D eigenvalue weighted by Crippen LogP contribution is 2.57. The molecule has 0 saturated heterocycles. The molecule has 360 valence electrons. The predicted octanol–water partition coefficient (Wildman–Crippen LogP) is 16.9. The van der Waals surface area contributed by atoms with Gasteiger partial charge in [-0.3, -0.25) is 0 Å². The van der Waals surface area contributed by atoms with Crippen molar-refractivity contribution >= 4 is 78.0 Å². The molecule has 2 aliphatic heterocycles. The molecule has 0 saturated carbocycles. The van der Waals surface area contributed by atoms with E-state index in [4.69, 9.17) is 0 Å². The topological polar surface area (TPSA) is 6.48 Å². The van der Waals surface area contributed by atoms with Gasteiger partial charge < -0.3 is 9.80 Å².